The number of aryl methyl sites for hydroxylation is 1. The second-order valence-corrected chi connectivity index (χ2v) is 5.93. The maximum atomic E-state index is 11.9. The van der Waals surface area contributed by atoms with Crippen LogP contribution in [0.2, 0.25) is 0 Å². The maximum absolute atomic E-state index is 11.9. The SMILES string of the molecule is C=CCO[C@@H](C)CCOS(=O)(=O)c1ccc(C)cc1. The molecular weight excluding hydrogens is 264 g/mol. The van der Waals surface area contributed by atoms with Crippen molar-refractivity contribution in [2.24, 2.45) is 0 Å². The van der Waals surface area contributed by atoms with E-state index in [-0.39, 0.29) is 17.6 Å². The summed E-state index contributed by atoms with van der Waals surface area (Å²) in [6, 6.07) is 6.57. The minimum atomic E-state index is -3.67. The highest BCUT2D eigenvalue weighted by Crippen LogP contribution is 2.13. The highest BCUT2D eigenvalue weighted by atomic mass is 32.2. The van der Waals surface area contributed by atoms with Gasteiger partial charge in [-0.05, 0) is 32.4 Å². The lowest BCUT2D eigenvalue weighted by atomic mass is 10.2. The Bertz CT molecular complexity index is 491. The highest BCUT2D eigenvalue weighted by molar-refractivity contribution is 7.86. The summed E-state index contributed by atoms with van der Waals surface area (Å²) in [6.45, 7) is 7.87. The number of hydrogen-bond donors (Lipinski definition) is 0. The summed E-state index contributed by atoms with van der Waals surface area (Å²) in [5.41, 5.74) is 1.00. The van der Waals surface area contributed by atoms with E-state index in [0.29, 0.717) is 13.0 Å². The second kappa shape index (κ2) is 7.43. The molecule has 0 spiro atoms. The smallest absolute Gasteiger partial charge is 0.296 e. The fourth-order valence-electron chi connectivity index (χ4n) is 1.41. The molecule has 0 saturated carbocycles. The topological polar surface area (TPSA) is 52.6 Å². The van der Waals surface area contributed by atoms with E-state index in [1.54, 1.807) is 30.3 Å². The minimum absolute atomic E-state index is 0.0637. The summed E-state index contributed by atoms with van der Waals surface area (Å²) in [7, 11) is -3.67. The fraction of sp³-hybridized carbons (Fsp3) is 0.429. The molecule has 1 aromatic carbocycles. The Labute approximate surface area is 115 Å². The molecule has 106 valence electrons. The molecule has 0 aliphatic heterocycles. The van der Waals surface area contributed by atoms with Crippen LogP contribution in [0, 0.1) is 6.92 Å². The van der Waals surface area contributed by atoms with Crippen molar-refractivity contribution in [3.63, 3.8) is 0 Å². The van der Waals surface area contributed by atoms with Gasteiger partial charge in [-0.15, -0.1) is 6.58 Å². The molecule has 5 heteroatoms. The van der Waals surface area contributed by atoms with Gasteiger partial charge in [-0.3, -0.25) is 4.18 Å². The van der Waals surface area contributed by atoms with Gasteiger partial charge in [-0.1, -0.05) is 23.8 Å². The lowest BCUT2D eigenvalue weighted by Gasteiger charge is -2.11. The Kier molecular flexibility index (Phi) is 6.21. The summed E-state index contributed by atoms with van der Waals surface area (Å²) < 4.78 is 34.0. The zero-order valence-electron chi connectivity index (χ0n) is 11.3. The van der Waals surface area contributed by atoms with Crippen LogP contribution in [-0.4, -0.2) is 27.7 Å². The third-order valence-electron chi connectivity index (χ3n) is 2.57. The molecule has 0 unspecified atom stereocenters. The standard InChI is InChI=1S/C14H20O4S/c1-4-10-17-13(3)9-11-18-19(15,16)14-7-5-12(2)6-8-14/h4-8,13H,1,9-11H2,2-3H3/t13-/m0/s1. The molecule has 0 aliphatic carbocycles. The van der Waals surface area contributed by atoms with Gasteiger partial charge in [0.1, 0.15) is 0 Å². The first-order chi connectivity index (χ1) is 8.95. The van der Waals surface area contributed by atoms with E-state index in [2.05, 4.69) is 6.58 Å². The van der Waals surface area contributed by atoms with Gasteiger partial charge in [0.25, 0.3) is 10.1 Å². The van der Waals surface area contributed by atoms with Crippen LogP contribution >= 0.6 is 0 Å². The Balaban J connectivity index is 2.47. The molecule has 0 saturated heterocycles. The van der Waals surface area contributed by atoms with Crippen LogP contribution in [0.4, 0.5) is 0 Å². The van der Waals surface area contributed by atoms with Gasteiger partial charge in [0.2, 0.25) is 0 Å². The number of ether oxygens (including phenoxy) is 1. The predicted octanol–water partition coefficient (Wildman–Crippen LogP) is 2.68. The number of hydrogen-bond acceptors (Lipinski definition) is 4. The van der Waals surface area contributed by atoms with E-state index in [0.717, 1.165) is 5.56 Å². The lowest BCUT2D eigenvalue weighted by molar-refractivity contribution is 0.0709. The molecule has 19 heavy (non-hydrogen) atoms. The van der Waals surface area contributed by atoms with Gasteiger partial charge >= 0.3 is 0 Å². The average molecular weight is 284 g/mol. The molecule has 0 amide bonds. The molecule has 1 rings (SSSR count). The van der Waals surface area contributed by atoms with Crippen molar-refractivity contribution < 1.29 is 17.3 Å². The molecule has 0 radical (unpaired) electrons. The quantitative estimate of drug-likeness (QED) is 0.544. The highest BCUT2D eigenvalue weighted by Gasteiger charge is 2.15. The third kappa shape index (κ3) is 5.55. The van der Waals surface area contributed by atoms with E-state index >= 15 is 0 Å². The second-order valence-electron chi connectivity index (χ2n) is 4.31. The molecule has 0 N–H and O–H groups in total. The van der Waals surface area contributed by atoms with Crippen LogP contribution in [-0.2, 0) is 19.0 Å². The zero-order valence-corrected chi connectivity index (χ0v) is 12.2. The van der Waals surface area contributed by atoms with Crippen LogP contribution in [0.25, 0.3) is 0 Å². The Morgan fingerprint density at radius 1 is 1.32 bits per heavy atom. The van der Waals surface area contributed by atoms with E-state index in [4.69, 9.17) is 8.92 Å². The Morgan fingerprint density at radius 2 is 1.95 bits per heavy atom. The van der Waals surface area contributed by atoms with Gasteiger partial charge in [-0.25, -0.2) is 0 Å². The van der Waals surface area contributed by atoms with Crippen molar-refractivity contribution in [1.29, 1.82) is 0 Å². The molecule has 1 aromatic rings. The number of rotatable bonds is 8. The zero-order chi connectivity index (χ0) is 14.3. The molecular formula is C14H20O4S. The van der Waals surface area contributed by atoms with E-state index in [1.165, 1.54) is 0 Å². The van der Waals surface area contributed by atoms with Crippen LogP contribution in [0.1, 0.15) is 18.9 Å². The predicted molar refractivity (Wildman–Crippen MR) is 74.5 cm³/mol. The van der Waals surface area contributed by atoms with Crippen molar-refractivity contribution in [3.8, 4) is 0 Å². The summed E-state index contributed by atoms with van der Waals surface area (Å²) >= 11 is 0. The summed E-state index contributed by atoms with van der Waals surface area (Å²) in [5.74, 6) is 0. The molecule has 4 nitrogen and oxygen atoms in total. The first-order valence-corrected chi connectivity index (χ1v) is 7.55. The maximum Gasteiger partial charge on any atom is 0.296 e. The largest absolute Gasteiger partial charge is 0.374 e. The van der Waals surface area contributed by atoms with Gasteiger partial charge in [-0.2, -0.15) is 8.42 Å². The summed E-state index contributed by atoms with van der Waals surface area (Å²) in [4.78, 5) is 0.178. The van der Waals surface area contributed by atoms with Crippen molar-refractivity contribution in [1.82, 2.24) is 0 Å². The first-order valence-electron chi connectivity index (χ1n) is 6.14. The lowest BCUT2D eigenvalue weighted by Crippen LogP contribution is -2.14. The van der Waals surface area contributed by atoms with E-state index in [1.807, 2.05) is 13.8 Å². The van der Waals surface area contributed by atoms with Gasteiger partial charge in [0.15, 0.2) is 0 Å². The Hall–Kier alpha value is -1.17. The van der Waals surface area contributed by atoms with Gasteiger partial charge in [0.05, 0.1) is 24.2 Å². The van der Waals surface area contributed by atoms with Crippen molar-refractivity contribution >= 4 is 10.1 Å². The minimum Gasteiger partial charge on any atom is -0.374 e. The van der Waals surface area contributed by atoms with Crippen LogP contribution in [0.5, 0.6) is 0 Å². The third-order valence-corrected chi connectivity index (χ3v) is 3.90. The molecule has 0 bridgehead atoms. The first kappa shape index (κ1) is 15.9. The fourth-order valence-corrected chi connectivity index (χ4v) is 2.33. The van der Waals surface area contributed by atoms with Gasteiger partial charge in [0, 0.05) is 0 Å². The van der Waals surface area contributed by atoms with Crippen LogP contribution in [0.15, 0.2) is 41.8 Å². The average Bonchev–Trinajstić information content (AvgIpc) is 2.36. The molecule has 0 aliphatic rings. The van der Waals surface area contributed by atoms with Crippen molar-refractivity contribution in [2.45, 2.75) is 31.3 Å². The normalized spacial score (nSPS) is 13.2. The van der Waals surface area contributed by atoms with E-state index in [9.17, 15) is 8.42 Å². The van der Waals surface area contributed by atoms with Crippen LogP contribution < -0.4 is 0 Å². The van der Waals surface area contributed by atoms with Crippen molar-refractivity contribution in [3.05, 3.63) is 42.5 Å². The molecule has 0 aromatic heterocycles. The van der Waals surface area contributed by atoms with E-state index < -0.39 is 10.1 Å². The molecule has 0 fully saturated rings. The monoisotopic (exact) mass is 284 g/mol. The van der Waals surface area contributed by atoms with Crippen molar-refractivity contribution in [2.75, 3.05) is 13.2 Å². The number of benzene rings is 1. The van der Waals surface area contributed by atoms with Gasteiger partial charge < -0.3 is 4.74 Å². The Morgan fingerprint density at radius 3 is 2.53 bits per heavy atom. The summed E-state index contributed by atoms with van der Waals surface area (Å²) in [5, 5.41) is 0. The summed E-state index contributed by atoms with van der Waals surface area (Å²) in [6.07, 6.45) is 2.10. The molecule has 1 atom stereocenters. The van der Waals surface area contributed by atoms with Crippen LogP contribution in [0.3, 0.4) is 0 Å². The molecule has 0 heterocycles.